The van der Waals surface area contributed by atoms with E-state index < -0.39 is 21.7 Å². The van der Waals surface area contributed by atoms with E-state index in [1.165, 1.54) is 12.1 Å². The summed E-state index contributed by atoms with van der Waals surface area (Å²) in [5.74, 6) is -1.22. The van der Waals surface area contributed by atoms with Gasteiger partial charge in [-0.05, 0) is 42.3 Å². The van der Waals surface area contributed by atoms with Crippen molar-refractivity contribution in [3.63, 3.8) is 0 Å². The third-order valence-corrected chi connectivity index (χ3v) is 5.31. The first kappa shape index (κ1) is 13.8. The highest BCUT2D eigenvalue weighted by Gasteiger charge is 2.32. The summed E-state index contributed by atoms with van der Waals surface area (Å²) in [6, 6.07) is 7.16. The van der Waals surface area contributed by atoms with Crippen LogP contribution >= 0.6 is 0 Å². The molecular formula is C14H12F2N2O2S. The Bertz CT molecular complexity index is 822. The summed E-state index contributed by atoms with van der Waals surface area (Å²) in [5.41, 5.74) is 6.61. The Balaban J connectivity index is 2.13. The summed E-state index contributed by atoms with van der Waals surface area (Å²) >= 11 is 0. The minimum Gasteiger partial charge on any atom is -0.398 e. The first-order chi connectivity index (χ1) is 9.89. The monoisotopic (exact) mass is 310 g/mol. The number of halogens is 2. The Kier molecular flexibility index (Phi) is 3.09. The van der Waals surface area contributed by atoms with Crippen molar-refractivity contribution in [1.29, 1.82) is 0 Å². The van der Waals surface area contributed by atoms with Crippen LogP contribution in [0.4, 0.5) is 20.2 Å². The topological polar surface area (TPSA) is 63.4 Å². The van der Waals surface area contributed by atoms with E-state index in [4.69, 9.17) is 5.73 Å². The van der Waals surface area contributed by atoms with Gasteiger partial charge in [-0.2, -0.15) is 0 Å². The normalized spacial score (nSPS) is 14.3. The summed E-state index contributed by atoms with van der Waals surface area (Å²) in [4.78, 5) is -0.306. The average Bonchev–Trinajstić information content (AvgIpc) is 2.85. The highest BCUT2D eigenvalue weighted by atomic mass is 32.2. The Morgan fingerprint density at radius 2 is 1.71 bits per heavy atom. The van der Waals surface area contributed by atoms with Crippen LogP contribution < -0.4 is 10.0 Å². The molecule has 0 fully saturated rings. The predicted molar refractivity (Wildman–Crippen MR) is 75.4 cm³/mol. The molecule has 0 atom stereocenters. The summed E-state index contributed by atoms with van der Waals surface area (Å²) in [7, 11) is -4.02. The van der Waals surface area contributed by atoms with Crippen molar-refractivity contribution in [2.24, 2.45) is 0 Å². The van der Waals surface area contributed by atoms with E-state index in [0.29, 0.717) is 6.42 Å². The second kappa shape index (κ2) is 4.70. The van der Waals surface area contributed by atoms with Gasteiger partial charge >= 0.3 is 0 Å². The molecule has 1 aliphatic heterocycles. The molecule has 21 heavy (non-hydrogen) atoms. The van der Waals surface area contributed by atoms with Gasteiger partial charge in [0.15, 0.2) is 0 Å². The zero-order valence-corrected chi connectivity index (χ0v) is 11.7. The van der Waals surface area contributed by atoms with Crippen molar-refractivity contribution >= 4 is 21.4 Å². The highest BCUT2D eigenvalue weighted by molar-refractivity contribution is 7.93. The van der Waals surface area contributed by atoms with Crippen LogP contribution in [0.3, 0.4) is 0 Å². The van der Waals surface area contributed by atoms with E-state index in [9.17, 15) is 17.2 Å². The molecule has 2 N–H and O–H groups in total. The lowest BCUT2D eigenvalue weighted by Crippen LogP contribution is -2.29. The quantitative estimate of drug-likeness (QED) is 0.866. The van der Waals surface area contributed by atoms with Gasteiger partial charge in [0.1, 0.15) is 16.5 Å². The van der Waals surface area contributed by atoms with Crippen molar-refractivity contribution in [3.8, 4) is 0 Å². The van der Waals surface area contributed by atoms with Crippen molar-refractivity contribution in [2.45, 2.75) is 11.3 Å². The predicted octanol–water partition coefficient (Wildman–Crippen LogP) is 2.30. The molecule has 0 unspecified atom stereocenters. The third-order valence-electron chi connectivity index (χ3n) is 3.44. The maximum atomic E-state index is 13.4. The van der Waals surface area contributed by atoms with E-state index in [2.05, 4.69) is 0 Å². The van der Waals surface area contributed by atoms with Crippen LogP contribution in [0.15, 0.2) is 41.3 Å². The second-order valence-corrected chi connectivity index (χ2v) is 6.61. The summed E-state index contributed by atoms with van der Waals surface area (Å²) in [6.07, 6.45) is 0.476. The molecule has 110 valence electrons. The molecule has 0 saturated heterocycles. The van der Waals surface area contributed by atoms with Crippen LogP contribution in [0.2, 0.25) is 0 Å². The molecular weight excluding hydrogens is 298 g/mol. The summed E-state index contributed by atoms with van der Waals surface area (Å²) in [6.45, 7) is 0.178. The fourth-order valence-electron chi connectivity index (χ4n) is 2.42. The van der Waals surface area contributed by atoms with Gasteiger partial charge in [0.2, 0.25) is 0 Å². The van der Waals surface area contributed by atoms with Gasteiger partial charge in [-0.1, -0.05) is 6.07 Å². The molecule has 1 heterocycles. The molecule has 0 aromatic heterocycles. The van der Waals surface area contributed by atoms with Gasteiger partial charge in [-0.15, -0.1) is 0 Å². The lowest BCUT2D eigenvalue weighted by molar-refractivity contribution is 0.588. The van der Waals surface area contributed by atoms with Crippen molar-refractivity contribution in [3.05, 3.63) is 53.6 Å². The van der Waals surface area contributed by atoms with E-state index in [1.807, 2.05) is 0 Å². The number of rotatable bonds is 2. The SMILES string of the molecule is Nc1ccc(F)cc1S(=O)(=O)N1CCc2ccc(F)cc21. The minimum atomic E-state index is -4.02. The Labute approximate surface area is 120 Å². The third kappa shape index (κ3) is 2.23. The number of nitrogen functional groups attached to an aromatic ring is 1. The number of hydrogen-bond acceptors (Lipinski definition) is 3. The number of fused-ring (bicyclic) bond motifs is 1. The molecule has 0 spiro atoms. The minimum absolute atomic E-state index is 0.0405. The van der Waals surface area contributed by atoms with Crippen molar-refractivity contribution in [2.75, 3.05) is 16.6 Å². The van der Waals surface area contributed by atoms with Crippen LogP contribution in [0.1, 0.15) is 5.56 Å². The molecule has 0 bridgehead atoms. The summed E-state index contributed by atoms with van der Waals surface area (Å²) in [5, 5.41) is 0. The van der Waals surface area contributed by atoms with Gasteiger partial charge < -0.3 is 5.73 Å². The first-order valence-corrected chi connectivity index (χ1v) is 7.70. The van der Waals surface area contributed by atoms with Crippen LogP contribution in [0.5, 0.6) is 0 Å². The van der Waals surface area contributed by atoms with Gasteiger partial charge in [-0.25, -0.2) is 17.2 Å². The molecule has 0 amide bonds. The molecule has 0 aliphatic carbocycles. The lowest BCUT2D eigenvalue weighted by atomic mass is 10.2. The zero-order chi connectivity index (χ0) is 15.2. The number of benzene rings is 2. The van der Waals surface area contributed by atoms with Gasteiger partial charge in [0, 0.05) is 6.54 Å². The standard InChI is InChI=1S/C14H12F2N2O2S/c15-10-2-1-9-5-6-18(13(9)7-10)21(19,20)14-8-11(16)3-4-12(14)17/h1-4,7-8H,5-6,17H2. The van der Waals surface area contributed by atoms with Crippen LogP contribution in [-0.2, 0) is 16.4 Å². The molecule has 3 rings (SSSR count). The van der Waals surface area contributed by atoms with Gasteiger partial charge in [0.25, 0.3) is 10.0 Å². The Morgan fingerprint density at radius 3 is 2.48 bits per heavy atom. The van der Waals surface area contributed by atoms with Gasteiger partial charge in [0.05, 0.1) is 11.4 Å². The number of nitrogens with two attached hydrogens (primary N) is 1. The molecule has 4 nitrogen and oxygen atoms in total. The van der Waals surface area contributed by atoms with Crippen molar-refractivity contribution < 1.29 is 17.2 Å². The van der Waals surface area contributed by atoms with Crippen LogP contribution in [-0.4, -0.2) is 15.0 Å². The largest absolute Gasteiger partial charge is 0.398 e. The van der Waals surface area contributed by atoms with E-state index in [-0.39, 0.29) is 22.8 Å². The molecule has 2 aromatic carbocycles. The molecule has 2 aromatic rings. The number of anilines is 2. The average molecular weight is 310 g/mol. The highest BCUT2D eigenvalue weighted by Crippen LogP contribution is 2.35. The van der Waals surface area contributed by atoms with Crippen LogP contribution in [0, 0.1) is 11.6 Å². The lowest BCUT2D eigenvalue weighted by Gasteiger charge is -2.20. The maximum absolute atomic E-state index is 13.4. The fraction of sp³-hybridized carbons (Fsp3) is 0.143. The smallest absolute Gasteiger partial charge is 0.266 e. The van der Waals surface area contributed by atoms with E-state index in [0.717, 1.165) is 28.1 Å². The Morgan fingerprint density at radius 1 is 1.05 bits per heavy atom. The van der Waals surface area contributed by atoms with Crippen molar-refractivity contribution in [1.82, 2.24) is 0 Å². The zero-order valence-electron chi connectivity index (χ0n) is 10.9. The van der Waals surface area contributed by atoms with E-state index >= 15 is 0 Å². The molecule has 1 aliphatic rings. The Hall–Kier alpha value is -2.15. The van der Waals surface area contributed by atoms with E-state index in [1.54, 1.807) is 6.07 Å². The number of sulfonamides is 1. The first-order valence-electron chi connectivity index (χ1n) is 6.26. The number of hydrogen-bond donors (Lipinski definition) is 1. The maximum Gasteiger partial charge on any atom is 0.266 e. The molecule has 7 heteroatoms. The molecule has 0 radical (unpaired) electrons. The van der Waals surface area contributed by atoms with Gasteiger partial charge in [-0.3, -0.25) is 4.31 Å². The number of nitrogens with zero attached hydrogens (tertiary/aromatic N) is 1. The summed E-state index contributed by atoms with van der Waals surface area (Å²) < 4.78 is 53.0. The van der Waals surface area contributed by atoms with Crippen LogP contribution in [0.25, 0.3) is 0 Å². The fourth-order valence-corrected chi connectivity index (χ4v) is 4.05. The molecule has 0 saturated carbocycles. The second-order valence-electron chi connectivity index (χ2n) is 4.78.